The third-order valence-electron chi connectivity index (χ3n) is 4.41. The predicted octanol–water partition coefficient (Wildman–Crippen LogP) is 3.72. The van der Waals surface area contributed by atoms with Gasteiger partial charge in [0.25, 0.3) is 10.0 Å². The van der Waals surface area contributed by atoms with Crippen molar-refractivity contribution in [3.05, 3.63) is 65.2 Å². The van der Waals surface area contributed by atoms with Crippen molar-refractivity contribution in [2.75, 3.05) is 6.54 Å². The van der Waals surface area contributed by atoms with E-state index in [2.05, 4.69) is 0 Å². The molecule has 2 aromatic rings. The minimum Gasteiger partial charge on any atom is -0.273 e. The molecule has 1 heterocycles. The number of benzene rings is 2. The van der Waals surface area contributed by atoms with Crippen LogP contribution in [0.15, 0.2) is 53.4 Å². The molecule has 1 fully saturated rings. The summed E-state index contributed by atoms with van der Waals surface area (Å²) in [5.41, 5.74) is 0.458. The molecule has 0 saturated carbocycles. The third kappa shape index (κ3) is 3.33. The Morgan fingerprint density at radius 1 is 1.00 bits per heavy atom. The monoisotopic (exact) mass is 383 g/mol. The van der Waals surface area contributed by atoms with Crippen LogP contribution in [0.3, 0.4) is 0 Å². The molecule has 1 amide bonds. The zero-order valence-corrected chi connectivity index (χ0v) is 14.6. The Kier molecular flexibility index (Phi) is 4.56. The molecule has 1 aliphatic heterocycles. The number of sulfonamides is 1. The predicted molar refractivity (Wildman–Crippen MR) is 88.9 cm³/mol. The normalized spacial score (nSPS) is 18.4. The van der Waals surface area contributed by atoms with Crippen LogP contribution < -0.4 is 0 Å². The van der Waals surface area contributed by atoms with Gasteiger partial charge in [-0.15, -0.1) is 0 Å². The molecular weight excluding hydrogens is 367 g/mol. The van der Waals surface area contributed by atoms with Crippen molar-refractivity contribution in [1.82, 2.24) is 4.31 Å². The van der Waals surface area contributed by atoms with Gasteiger partial charge in [0.2, 0.25) is 5.91 Å². The SMILES string of the molecule is Cc1ccc(S(=O)(=O)N2CCC(c3ccc(C(F)(F)F)cc3)C2=O)cc1. The first-order valence-electron chi connectivity index (χ1n) is 7.91. The Labute approximate surface area is 149 Å². The highest BCUT2D eigenvalue weighted by molar-refractivity contribution is 7.89. The van der Waals surface area contributed by atoms with E-state index in [-0.39, 0.29) is 17.9 Å². The van der Waals surface area contributed by atoms with E-state index in [1.54, 1.807) is 12.1 Å². The highest BCUT2D eigenvalue weighted by atomic mass is 32.2. The minimum atomic E-state index is -4.46. The first kappa shape index (κ1) is 18.4. The van der Waals surface area contributed by atoms with Crippen molar-refractivity contribution >= 4 is 15.9 Å². The molecule has 8 heteroatoms. The Morgan fingerprint density at radius 3 is 2.12 bits per heavy atom. The fourth-order valence-corrected chi connectivity index (χ4v) is 4.39. The number of alkyl halides is 3. The molecule has 1 saturated heterocycles. The van der Waals surface area contributed by atoms with Crippen LogP contribution in [-0.2, 0) is 21.0 Å². The van der Waals surface area contributed by atoms with E-state index in [4.69, 9.17) is 0 Å². The van der Waals surface area contributed by atoms with Crippen molar-refractivity contribution in [2.24, 2.45) is 0 Å². The molecule has 138 valence electrons. The summed E-state index contributed by atoms with van der Waals surface area (Å²) in [6.07, 6.45) is -4.23. The van der Waals surface area contributed by atoms with E-state index < -0.39 is 33.6 Å². The lowest BCUT2D eigenvalue weighted by Gasteiger charge is -2.17. The molecule has 0 spiro atoms. The lowest BCUT2D eigenvalue weighted by Crippen LogP contribution is -2.33. The Hall–Kier alpha value is -2.35. The summed E-state index contributed by atoms with van der Waals surface area (Å²) in [6.45, 7) is 1.82. The second-order valence-corrected chi connectivity index (χ2v) is 8.05. The fraction of sp³-hybridized carbons (Fsp3) is 0.278. The van der Waals surface area contributed by atoms with Crippen LogP contribution in [0, 0.1) is 6.92 Å². The number of carbonyl (C=O) groups excluding carboxylic acids is 1. The van der Waals surface area contributed by atoms with Gasteiger partial charge in [0.05, 0.1) is 16.4 Å². The van der Waals surface area contributed by atoms with Gasteiger partial charge in [0.1, 0.15) is 0 Å². The molecule has 4 nitrogen and oxygen atoms in total. The number of rotatable bonds is 3. The zero-order valence-electron chi connectivity index (χ0n) is 13.8. The molecule has 0 radical (unpaired) electrons. The molecule has 0 N–H and O–H groups in total. The van der Waals surface area contributed by atoms with Crippen LogP contribution in [0.5, 0.6) is 0 Å². The van der Waals surface area contributed by atoms with Crippen LogP contribution in [0.25, 0.3) is 0 Å². The van der Waals surface area contributed by atoms with E-state index in [1.807, 2.05) is 6.92 Å². The van der Waals surface area contributed by atoms with Crippen molar-refractivity contribution < 1.29 is 26.4 Å². The molecule has 0 aliphatic carbocycles. The molecule has 1 aliphatic rings. The lowest BCUT2D eigenvalue weighted by atomic mass is 9.97. The Balaban J connectivity index is 1.85. The second kappa shape index (κ2) is 6.42. The minimum absolute atomic E-state index is 0.000726. The number of hydrogen-bond acceptors (Lipinski definition) is 3. The Morgan fingerprint density at radius 2 is 1.58 bits per heavy atom. The van der Waals surface area contributed by atoms with Gasteiger partial charge in [-0.3, -0.25) is 4.79 Å². The van der Waals surface area contributed by atoms with Gasteiger partial charge in [0, 0.05) is 6.54 Å². The maximum absolute atomic E-state index is 12.7. The first-order chi connectivity index (χ1) is 12.1. The summed E-state index contributed by atoms with van der Waals surface area (Å²) < 4.78 is 64.1. The van der Waals surface area contributed by atoms with E-state index in [0.29, 0.717) is 5.56 Å². The van der Waals surface area contributed by atoms with Crippen LogP contribution in [0.2, 0.25) is 0 Å². The average Bonchev–Trinajstić information content (AvgIpc) is 2.97. The van der Waals surface area contributed by atoms with Crippen LogP contribution in [0.1, 0.15) is 29.0 Å². The van der Waals surface area contributed by atoms with Crippen molar-refractivity contribution in [1.29, 1.82) is 0 Å². The molecule has 2 aromatic carbocycles. The van der Waals surface area contributed by atoms with Crippen LogP contribution in [-0.4, -0.2) is 25.2 Å². The highest BCUT2D eigenvalue weighted by Crippen LogP contribution is 2.35. The first-order valence-corrected chi connectivity index (χ1v) is 9.35. The fourth-order valence-electron chi connectivity index (χ4n) is 2.94. The number of aryl methyl sites for hydroxylation is 1. The standard InChI is InChI=1S/C18H16F3NO3S/c1-12-2-8-15(9-3-12)26(24,25)22-11-10-16(17(22)23)13-4-6-14(7-5-13)18(19,20)21/h2-9,16H,10-11H2,1H3. The summed E-state index contributed by atoms with van der Waals surface area (Å²) in [6, 6.07) is 10.4. The molecule has 0 aromatic heterocycles. The molecule has 26 heavy (non-hydrogen) atoms. The molecule has 1 atom stereocenters. The number of carbonyl (C=O) groups is 1. The van der Waals surface area contributed by atoms with Crippen molar-refractivity contribution in [3.8, 4) is 0 Å². The van der Waals surface area contributed by atoms with Gasteiger partial charge in [-0.05, 0) is 43.2 Å². The molecule has 3 rings (SSSR count). The van der Waals surface area contributed by atoms with E-state index in [9.17, 15) is 26.4 Å². The number of halogens is 3. The van der Waals surface area contributed by atoms with Crippen LogP contribution in [0.4, 0.5) is 13.2 Å². The van der Waals surface area contributed by atoms with Crippen molar-refractivity contribution in [3.63, 3.8) is 0 Å². The zero-order chi connectivity index (χ0) is 19.1. The summed E-state index contributed by atoms with van der Waals surface area (Å²) in [4.78, 5) is 12.6. The topological polar surface area (TPSA) is 54.5 Å². The smallest absolute Gasteiger partial charge is 0.273 e. The lowest BCUT2D eigenvalue weighted by molar-refractivity contribution is -0.137. The second-order valence-electron chi connectivity index (χ2n) is 6.19. The molecule has 0 bridgehead atoms. The maximum atomic E-state index is 12.7. The summed E-state index contributed by atoms with van der Waals surface area (Å²) >= 11 is 0. The number of amides is 1. The van der Waals surface area contributed by atoms with E-state index in [0.717, 1.165) is 22.0 Å². The summed E-state index contributed by atoms with van der Waals surface area (Å²) in [5.74, 6) is -1.39. The highest BCUT2D eigenvalue weighted by Gasteiger charge is 2.40. The largest absolute Gasteiger partial charge is 0.416 e. The molecular formula is C18H16F3NO3S. The quantitative estimate of drug-likeness (QED) is 0.812. The molecule has 1 unspecified atom stereocenters. The number of hydrogen-bond donors (Lipinski definition) is 0. The van der Waals surface area contributed by atoms with Crippen LogP contribution >= 0.6 is 0 Å². The van der Waals surface area contributed by atoms with Gasteiger partial charge in [-0.2, -0.15) is 13.2 Å². The summed E-state index contributed by atoms with van der Waals surface area (Å²) in [5, 5.41) is 0. The average molecular weight is 383 g/mol. The van der Waals surface area contributed by atoms with Gasteiger partial charge in [-0.1, -0.05) is 29.8 Å². The Bertz CT molecular complexity index is 920. The van der Waals surface area contributed by atoms with Gasteiger partial charge in [0.15, 0.2) is 0 Å². The maximum Gasteiger partial charge on any atom is 0.416 e. The van der Waals surface area contributed by atoms with E-state index in [1.165, 1.54) is 24.3 Å². The van der Waals surface area contributed by atoms with E-state index >= 15 is 0 Å². The third-order valence-corrected chi connectivity index (χ3v) is 6.22. The van der Waals surface area contributed by atoms with Gasteiger partial charge in [-0.25, -0.2) is 12.7 Å². The number of nitrogens with zero attached hydrogens (tertiary/aromatic N) is 1. The van der Waals surface area contributed by atoms with Gasteiger partial charge < -0.3 is 0 Å². The van der Waals surface area contributed by atoms with Crippen molar-refractivity contribution in [2.45, 2.75) is 30.3 Å². The van der Waals surface area contributed by atoms with Gasteiger partial charge >= 0.3 is 6.18 Å². The summed E-state index contributed by atoms with van der Waals surface area (Å²) in [7, 11) is -3.97.